The highest BCUT2D eigenvalue weighted by atomic mass is 19.1. The number of esters is 1. The average Bonchev–Trinajstić information content (AvgIpc) is 2.59. The molecule has 0 aliphatic carbocycles. The van der Waals surface area contributed by atoms with Crippen LogP contribution in [-0.4, -0.2) is 5.97 Å². The summed E-state index contributed by atoms with van der Waals surface area (Å²) in [5.74, 6) is -0.221. The van der Waals surface area contributed by atoms with E-state index in [0.29, 0.717) is 16.9 Å². The second kappa shape index (κ2) is 6.79. The number of hydrogen-bond acceptors (Lipinski definition) is 4. The quantitative estimate of drug-likeness (QED) is 0.803. The molecule has 0 spiro atoms. The van der Waals surface area contributed by atoms with Gasteiger partial charge in [0.15, 0.2) is 0 Å². The van der Waals surface area contributed by atoms with Crippen LogP contribution in [0.3, 0.4) is 0 Å². The number of benzene rings is 2. The normalized spacial score (nSPS) is 16.3. The van der Waals surface area contributed by atoms with Crippen molar-refractivity contribution in [3.05, 3.63) is 65.0 Å². The van der Waals surface area contributed by atoms with E-state index in [0.717, 1.165) is 5.56 Å². The highest BCUT2D eigenvalue weighted by Gasteiger charge is 2.25. The van der Waals surface area contributed by atoms with Gasteiger partial charge in [-0.25, -0.2) is 4.39 Å². The number of fused-ring (bicyclic) bond motifs is 1. The maximum absolute atomic E-state index is 13.7. The zero-order valence-electron chi connectivity index (χ0n) is 12.8. The second-order valence-corrected chi connectivity index (χ2v) is 5.24. The molecule has 0 unspecified atom stereocenters. The second-order valence-electron chi connectivity index (χ2n) is 5.24. The van der Waals surface area contributed by atoms with Crippen LogP contribution < -0.4 is 4.74 Å². The minimum atomic E-state index is -0.560. The molecule has 5 heteroatoms. The molecule has 3 rings (SSSR count). The third kappa shape index (κ3) is 3.51. The van der Waals surface area contributed by atoms with E-state index in [1.54, 1.807) is 6.92 Å². The van der Waals surface area contributed by atoms with Gasteiger partial charge in [-0.2, -0.15) is 0 Å². The first kappa shape index (κ1) is 15.5. The highest BCUT2D eigenvalue weighted by molar-refractivity contribution is 5.69. The number of halogens is 1. The predicted octanol–water partition coefficient (Wildman–Crippen LogP) is 3.89. The molecule has 0 N–H and O–H groups in total. The van der Waals surface area contributed by atoms with Crippen molar-refractivity contribution in [3.8, 4) is 5.75 Å². The lowest BCUT2D eigenvalue weighted by Gasteiger charge is -2.28. The van der Waals surface area contributed by atoms with Crippen LogP contribution in [0.5, 0.6) is 5.75 Å². The van der Waals surface area contributed by atoms with E-state index in [9.17, 15) is 9.18 Å². The van der Waals surface area contributed by atoms with Crippen LogP contribution in [0.2, 0.25) is 0 Å². The molecule has 0 aromatic heterocycles. The molecule has 2 aromatic rings. The molecule has 120 valence electrons. The Morgan fingerprint density at radius 1 is 1.30 bits per heavy atom. The molecule has 1 atom stereocenters. The average molecular weight is 316 g/mol. The van der Waals surface area contributed by atoms with Gasteiger partial charge in [-0.05, 0) is 12.1 Å². The molecule has 0 amide bonds. The maximum atomic E-state index is 13.7. The summed E-state index contributed by atoms with van der Waals surface area (Å²) >= 11 is 0. The van der Waals surface area contributed by atoms with Crippen molar-refractivity contribution in [1.82, 2.24) is 0 Å². The lowest BCUT2D eigenvalue weighted by Crippen LogP contribution is -2.19. The fourth-order valence-electron chi connectivity index (χ4n) is 2.42. The zero-order valence-corrected chi connectivity index (χ0v) is 12.8. The Morgan fingerprint density at radius 3 is 2.83 bits per heavy atom. The number of ether oxygens (including phenoxy) is 3. The lowest BCUT2D eigenvalue weighted by molar-refractivity contribution is -0.144. The molecule has 1 heterocycles. The summed E-state index contributed by atoms with van der Waals surface area (Å²) in [7, 11) is 0. The minimum absolute atomic E-state index is 0.0196. The van der Waals surface area contributed by atoms with Crippen LogP contribution in [0.1, 0.15) is 36.3 Å². The molecule has 0 saturated heterocycles. The van der Waals surface area contributed by atoms with Gasteiger partial charge < -0.3 is 14.2 Å². The van der Waals surface area contributed by atoms with Crippen molar-refractivity contribution < 1.29 is 23.4 Å². The Balaban J connectivity index is 1.86. The van der Waals surface area contributed by atoms with Crippen molar-refractivity contribution in [2.75, 3.05) is 0 Å². The Morgan fingerprint density at radius 2 is 2.09 bits per heavy atom. The molecule has 23 heavy (non-hydrogen) atoms. The van der Waals surface area contributed by atoms with Crippen molar-refractivity contribution in [3.63, 3.8) is 0 Å². The SMILES string of the molecule is CCC(=O)OCc1cc(F)cc2c1O[C@H](c1ccccc1)OC2. The third-order valence-electron chi connectivity index (χ3n) is 3.57. The summed E-state index contributed by atoms with van der Waals surface area (Å²) < 4.78 is 30.4. The van der Waals surface area contributed by atoms with E-state index in [1.165, 1.54) is 12.1 Å². The van der Waals surface area contributed by atoms with Gasteiger partial charge in [-0.1, -0.05) is 37.3 Å². The number of hydrogen-bond donors (Lipinski definition) is 0. The van der Waals surface area contributed by atoms with Crippen molar-refractivity contribution in [2.24, 2.45) is 0 Å². The summed E-state index contributed by atoms with van der Waals surface area (Å²) in [6, 6.07) is 12.2. The topological polar surface area (TPSA) is 44.8 Å². The molecule has 1 aliphatic rings. The fraction of sp³-hybridized carbons (Fsp3) is 0.278. The van der Waals surface area contributed by atoms with E-state index in [2.05, 4.69) is 0 Å². The van der Waals surface area contributed by atoms with Crippen LogP contribution in [0.15, 0.2) is 42.5 Å². The molecule has 1 aliphatic heterocycles. The minimum Gasteiger partial charge on any atom is -0.461 e. The van der Waals surface area contributed by atoms with Gasteiger partial charge in [-0.3, -0.25) is 4.79 Å². The van der Waals surface area contributed by atoms with Gasteiger partial charge in [0.05, 0.1) is 6.61 Å². The van der Waals surface area contributed by atoms with Crippen LogP contribution in [0.4, 0.5) is 4.39 Å². The molecule has 0 fully saturated rings. The number of carbonyl (C=O) groups is 1. The maximum Gasteiger partial charge on any atom is 0.305 e. The fourth-order valence-corrected chi connectivity index (χ4v) is 2.42. The Labute approximate surface area is 133 Å². The van der Waals surface area contributed by atoms with Gasteiger partial charge in [0, 0.05) is 23.1 Å². The summed E-state index contributed by atoms with van der Waals surface area (Å²) in [6.45, 7) is 1.93. The number of rotatable bonds is 4. The van der Waals surface area contributed by atoms with Crippen molar-refractivity contribution >= 4 is 5.97 Å². The molecule has 0 bridgehead atoms. The zero-order chi connectivity index (χ0) is 16.2. The van der Waals surface area contributed by atoms with E-state index in [1.807, 2.05) is 30.3 Å². The van der Waals surface area contributed by atoms with Crippen molar-refractivity contribution in [2.45, 2.75) is 32.8 Å². The smallest absolute Gasteiger partial charge is 0.305 e. The monoisotopic (exact) mass is 316 g/mol. The number of carbonyl (C=O) groups excluding carboxylic acids is 1. The van der Waals surface area contributed by atoms with Gasteiger partial charge >= 0.3 is 5.97 Å². The summed E-state index contributed by atoms with van der Waals surface area (Å²) in [5, 5.41) is 0. The molecular weight excluding hydrogens is 299 g/mol. The van der Waals surface area contributed by atoms with E-state index < -0.39 is 12.1 Å². The Bertz CT molecular complexity index is 700. The van der Waals surface area contributed by atoms with Gasteiger partial charge in [0.1, 0.15) is 18.2 Å². The molecular formula is C18H17FO4. The van der Waals surface area contributed by atoms with Crippen LogP contribution >= 0.6 is 0 Å². The largest absolute Gasteiger partial charge is 0.461 e. The molecule has 4 nitrogen and oxygen atoms in total. The predicted molar refractivity (Wildman–Crippen MR) is 81.1 cm³/mol. The molecule has 2 aromatic carbocycles. The standard InChI is InChI=1S/C18H17FO4/c1-2-16(20)21-10-13-8-15(19)9-14-11-22-18(23-17(13)14)12-6-4-3-5-7-12/h3-9,18H,2,10-11H2,1H3/t18-/m1/s1. The summed E-state index contributed by atoms with van der Waals surface area (Å²) in [4.78, 5) is 11.3. The summed E-state index contributed by atoms with van der Waals surface area (Å²) in [5.41, 5.74) is 1.99. The third-order valence-corrected chi connectivity index (χ3v) is 3.57. The Hall–Kier alpha value is -2.40. The lowest BCUT2D eigenvalue weighted by atomic mass is 10.1. The van der Waals surface area contributed by atoms with Gasteiger partial charge in [-0.15, -0.1) is 0 Å². The molecule has 0 radical (unpaired) electrons. The van der Waals surface area contributed by atoms with Crippen LogP contribution in [0.25, 0.3) is 0 Å². The first-order valence-corrected chi connectivity index (χ1v) is 7.47. The Kier molecular flexibility index (Phi) is 4.57. The first-order valence-electron chi connectivity index (χ1n) is 7.47. The van der Waals surface area contributed by atoms with Crippen LogP contribution in [0, 0.1) is 5.82 Å². The highest BCUT2D eigenvalue weighted by Crippen LogP contribution is 2.36. The van der Waals surface area contributed by atoms with Gasteiger partial charge in [0.25, 0.3) is 0 Å². The van der Waals surface area contributed by atoms with Gasteiger partial charge in [0.2, 0.25) is 6.29 Å². The molecule has 0 saturated carbocycles. The van der Waals surface area contributed by atoms with E-state index >= 15 is 0 Å². The van der Waals surface area contributed by atoms with Crippen molar-refractivity contribution in [1.29, 1.82) is 0 Å². The van der Waals surface area contributed by atoms with E-state index in [-0.39, 0.29) is 25.6 Å². The van der Waals surface area contributed by atoms with E-state index in [4.69, 9.17) is 14.2 Å². The summed E-state index contributed by atoms with van der Waals surface area (Å²) in [6.07, 6.45) is -0.288. The van der Waals surface area contributed by atoms with Crippen LogP contribution in [-0.2, 0) is 27.5 Å². The first-order chi connectivity index (χ1) is 11.2.